The molecule has 1 N–H and O–H groups in total. The molecule has 0 spiro atoms. The van der Waals surface area contributed by atoms with Gasteiger partial charge < -0.3 is 5.32 Å². The molecule has 0 radical (unpaired) electrons. The molecule has 0 atom stereocenters. The normalized spacial score (nSPS) is 10.3. The molecule has 0 aliphatic heterocycles. The number of nitrogens with zero attached hydrogens (tertiary/aromatic N) is 5. The number of halogens is 1. The summed E-state index contributed by atoms with van der Waals surface area (Å²) in [6, 6.07) is 2.53. The van der Waals surface area contributed by atoms with Gasteiger partial charge in [0.15, 0.2) is 0 Å². The highest BCUT2D eigenvalue weighted by molar-refractivity contribution is 6.29. The molecule has 0 unspecified atom stereocenters. The van der Waals surface area contributed by atoms with Gasteiger partial charge in [0.05, 0.1) is 29.8 Å². The van der Waals surface area contributed by atoms with Crippen LogP contribution in [-0.4, -0.2) is 31.4 Å². The van der Waals surface area contributed by atoms with Gasteiger partial charge in [-0.05, 0) is 0 Å². The first-order valence-corrected chi connectivity index (χ1v) is 5.43. The molecule has 0 amide bonds. The van der Waals surface area contributed by atoms with Crippen molar-refractivity contribution in [3.05, 3.63) is 39.8 Å². The Morgan fingerprint density at radius 2 is 2.33 bits per heavy atom. The molecule has 2 heterocycles. The molecule has 0 bridgehead atoms. The van der Waals surface area contributed by atoms with Gasteiger partial charge >= 0.3 is 0 Å². The van der Waals surface area contributed by atoms with Gasteiger partial charge in [0.2, 0.25) is 0 Å². The smallest absolute Gasteiger partial charge is 0.276 e. The van der Waals surface area contributed by atoms with Crippen LogP contribution < -0.4 is 5.32 Å². The van der Waals surface area contributed by atoms with Gasteiger partial charge in [0.25, 0.3) is 5.69 Å². The second kappa shape index (κ2) is 5.41. The van der Waals surface area contributed by atoms with E-state index in [0.717, 1.165) is 0 Å². The van der Waals surface area contributed by atoms with E-state index < -0.39 is 4.92 Å². The van der Waals surface area contributed by atoms with E-state index in [1.807, 2.05) is 0 Å². The predicted molar refractivity (Wildman–Crippen MR) is 64.4 cm³/mol. The van der Waals surface area contributed by atoms with E-state index in [0.29, 0.717) is 18.9 Å². The number of anilines is 1. The van der Waals surface area contributed by atoms with Gasteiger partial charge in [-0.15, -0.1) is 5.10 Å². The molecule has 9 heteroatoms. The molecule has 2 aromatic heterocycles. The fourth-order valence-corrected chi connectivity index (χ4v) is 1.53. The van der Waals surface area contributed by atoms with Crippen molar-refractivity contribution < 1.29 is 4.92 Å². The maximum atomic E-state index is 10.6. The highest BCUT2D eigenvalue weighted by Crippen LogP contribution is 2.20. The number of nitro groups is 1. The fraction of sp³-hybridized carbons (Fsp3) is 0.222. The quantitative estimate of drug-likeness (QED) is 0.499. The van der Waals surface area contributed by atoms with E-state index in [4.69, 9.17) is 11.6 Å². The largest absolute Gasteiger partial charge is 0.368 e. The second-order valence-corrected chi connectivity index (χ2v) is 3.77. The summed E-state index contributed by atoms with van der Waals surface area (Å²) in [4.78, 5) is 14.1. The molecule has 0 saturated carbocycles. The molecule has 94 valence electrons. The second-order valence-electron chi connectivity index (χ2n) is 3.38. The topological polar surface area (TPSA) is 98.8 Å². The Balaban J connectivity index is 1.98. The van der Waals surface area contributed by atoms with Crippen molar-refractivity contribution >= 4 is 23.1 Å². The fourth-order valence-electron chi connectivity index (χ4n) is 1.33. The van der Waals surface area contributed by atoms with Crippen molar-refractivity contribution in [2.45, 2.75) is 6.54 Å². The number of pyridine rings is 1. The zero-order valence-electron chi connectivity index (χ0n) is 9.15. The lowest BCUT2D eigenvalue weighted by molar-refractivity contribution is -0.384. The molecule has 0 aromatic carbocycles. The summed E-state index contributed by atoms with van der Waals surface area (Å²) in [5.41, 5.74) is -0.0988. The molecule has 8 nitrogen and oxygen atoms in total. The lowest BCUT2D eigenvalue weighted by atomic mass is 10.4. The number of nitrogens with one attached hydrogen (secondary N) is 1. The third-order valence-electron chi connectivity index (χ3n) is 2.11. The number of rotatable bonds is 5. The van der Waals surface area contributed by atoms with E-state index >= 15 is 0 Å². The number of hydrogen-bond acceptors (Lipinski definition) is 6. The first-order chi connectivity index (χ1) is 8.65. The Kier molecular flexibility index (Phi) is 3.68. The Bertz CT molecular complexity index is 544. The molecule has 0 fully saturated rings. The summed E-state index contributed by atoms with van der Waals surface area (Å²) in [5, 5.41) is 21.1. The van der Waals surface area contributed by atoms with Crippen molar-refractivity contribution in [1.82, 2.24) is 20.0 Å². The van der Waals surface area contributed by atoms with E-state index in [9.17, 15) is 10.1 Å². The Hall–Kier alpha value is -2.22. The molecular weight excluding hydrogens is 260 g/mol. The highest BCUT2D eigenvalue weighted by atomic mass is 35.5. The minimum Gasteiger partial charge on any atom is -0.368 e. The van der Waals surface area contributed by atoms with E-state index in [1.165, 1.54) is 12.1 Å². The predicted octanol–water partition coefficient (Wildman–Crippen LogP) is 1.35. The summed E-state index contributed by atoms with van der Waals surface area (Å²) in [6.45, 7) is 1.08. The first-order valence-electron chi connectivity index (χ1n) is 5.05. The molecule has 0 aliphatic rings. The van der Waals surface area contributed by atoms with Crippen LogP contribution in [0, 0.1) is 10.1 Å². The zero-order valence-corrected chi connectivity index (χ0v) is 9.91. The zero-order chi connectivity index (χ0) is 13.0. The van der Waals surface area contributed by atoms with Crippen molar-refractivity contribution in [1.29, 1.82) is 0 Å². The van der Waals surface area contributed by atoms with Crippen molar-refractivity contribution in [3.63, 3.8) is 0 Å². The molecular formula is C9H9ClN6O2. The standard InChI is InChI=1S/C9H9ClN6O2/c10-8-5-7(16(17)18)6-9(13-8)11-1-3-15-4-2-12-14-15/h2,4-6H,1,3H2,(H,11,13). The third-order valence-corrected chi connectivity index (χ3v) is 2.30. The van der Waals surface area contributed by atoms with Crippen molar-refractivity contribution in [2.24, 2.45) is 0 Å². The average molecular weight is 269 g/mol. The maximum Gasteiger partial charge on any atom is 0.276 e. The van der Waals surface area contributed by atoms with Crippen LogP contribution >= 0.6 is 11.6 Å². The molecule has 2 aromatic rings. The van der Waals surface area contributed by atoms with Crippen LogP contribution in [0.4, 0.5) is 11.5 Å². The van der Waals surface area contributed by atoms with Gasteiger partial charge in [0, 0.05) is 12.7 Å². The molecule has 18 heavy (non-hydrogen) atoms. The Morgan fingerprint density at radius 3 is 3.00 bits per heavy atom. The highest BCUT2D eigenvalue weighted by Gasteiger charge is 2.09. The van der Waals surface area contributed by atoms with Crippen LogP contribution in [0.1, 0.15) is 0 Å². The van der Waals surface area contributed by atoms with Crippen molar-refractivity contribution in [3.8, 4) is 0 Å². The minimum atomic E-state index is -0.518. The average Bonchev–Trinajstić information content (AvgIpc) is 2.81. The first kappa shape index (κ1) is 12.2. The Labute approximate surface area is 107 Å². The monoisotopic (exact) mass is 268 g/mol. The SMILES string of the molecule is O=[N+]([O-])c1cc(Cl)nc(NCCn2ccnn2)c1. The van der Waals surface area contributed by atoms with Crippen molar-refractivity contribution in [2.75, 3.05) is 11.9 Å². The van der Waals surface area contributed by atoms with Gasteiger partial charge in [-0.1, -0.05) is 16.8 Å². The number of aromatic nitrogens is 4. The van der Waals surface area contributed by atoms with E-state index in [1.54, 1.807) is 17.1 Å². The lowest BCUT2D eigenvalue weighted by Crippen LogP contribution is -2.12. The lowest BCUT2D eigenvalue weighted by Gasteiger charge is -2.05. The minimum absolute atomic E-state index is 0.0763. The summed E-state index contributed by atoms with van der Waals surface area (Å²) < 4.78 is 1.63. The van der Waals surface area contributed by atoms with E-state index in [2.05, 4.69) is 20.6 Å². The van der Waals surface area contributed by atoms with E-state index in [-0.39, 0.29) is 10.8 Å². The number of hydrogen-bond donors (Lipinski definition) is 1. The van der Waals surface area contributed by atoms with Gasteiger partial charge in [0.1, 0.15) is 11.0 Å². The summed E-state index contributed by atoms with van der Waals surface area (Å²) in [7, 11) is 0. The third kappa shape index (κ3) is 3.14. The van der Waals surface area contributed by atoms with Gasteiger partial charge in [-0.2, -0.15) is 0 Å². The van der Waals surface area contributed by atoms with Crippen LogP contribution in [0.3, 0.4) is 0 Å². The van der Waals surface area contributed by atoms with Crippen LogP contribution in [-0.2, 0) is 6.54 Å². The summed E-state index contributed by atoms with van der Waals surface area (Å²) in [5.74, 6) is 0.356. The Morgan fingerprint density at radius 1 is 1.50 bits per heavy atom. The summed E-state index contributed by atoms with van der Waals surface area (Å²) >= 11 is 5.69. The van der Waals surface area contributed by atoms with Crippen LogP contribution in [0.25, 0.3) is 0 Å². The van der Waals surface area contributed by atoms with Crippen LogP contribution in [0.15, 0.2) is 24.5 Å². The maximum absolute atomic E-state index is 10.6. The van der Waals surface area contributed by atoms with Gasteiger partial charge in [-0.3, -0.25) is 14.8 Å². The van der Waals surface area contributed by atoms with Crippen LogP contribution in [0.2, 0.25) is 5.15 Å². The molecule has 0 aliphatic carbocycles. The van der Waals surface area contributed by atoms with Gasteiger partial charge in [-0.25, -0.2) is 4.98 Å². The summed E-state index contributed by atoms with van der Waals surface area (Å²) in [6.07, 6.45) is 3.29. The van der Waals surface area contributed by atoms with Crippen LogP contribution in [0.5, 0.6) is 0 Å². The molecule has 2 rings (SSSR count). The molecule has 0 saturated heterocycles.